The molecule has 2 heterocycles. The Morgan fingerprint density at radius 1 is 1.26 bits per heavy atom. The molecule has 0 aromatic carbocycles. The van der Waals surface area contributed by atoms with E-state index in [-0.39, 0.29) is 17.8 Å². The summed E-state index contributed by atoms with van der Waals surface area (Å²) in [6.07, 6.45) is 9.13. The van der Waals surface area contributed by atoms with E-state index in [0.29, 0.717) is 6.04 Å². The number of piperidine rings is 1. The van der Waals surface area contributed by atoms with E-state index in [1.54, 1.807) is 12.3 Å². The van der Waals surface area contributed by atoms with Crippen molar-refractivity contribution in [3.63, 3.8) is 0 Å². The molecule has 1 aromatic heterocycles. The first-order chi connectivity index (χ1) is 11.2. The summed E-state index contributed by atoms with van der Waals surface area (Å²) in [7, 11) is 0. The van der Waals surface area contributed by atoms with Gasteiger partial charge in [0.1, 0.15) is 0 Å². The molecule has 0 radical (unpaired) electrons. The Labute approximate surface area is 138 Å². The van der Waals surface area contributed by atoms with E-state index >= 15 is 0 Å². The number of hydrogen-bond donors (Lipinski definition) is 2. The van der Waals surface area contributed by atoms with E-state index < -0.39 is 0 Å². The lowest BCUT2D eigenvalue weighted by molar-refractivity contribution is 0.132. The van der Waals surface area contributed by atoms with Gasteiger partial charge < -0.3 is 14.8 Å². The van der Waals surface area contributed by atoms with Crippen molar-refractivity contribution < 1.29 is 10.2 Å². The van der Waals surface area contributed by atoms with Crippen molar-refractivity contribution >= 4 is 0 Å². The molecule has 0 saturated carbocycles. The van der Waals surface area contributed by atoms with Crippen molar-refractivity contribution in [3.8, 4) is 5.75 Å². The monoisotopic (exact) mass is 322 g/mol. The predicted octanol–water partition coefficient (Wildman–Crippen LogP) is 2.48. The fraction of sp³-hybridized carbons (Fsp3) is 0.722. The summed E-state index contributed by atoms with van der Waals surface area (Å²) >= 11 is 0. The van der Waals surface area contributed by atoms with E-state index in [1.165, 1.54) is 19.3 Å². The van der Waals surface area contributed by atoms with E-state index in [2.05, 4.69) is 11.8 Å². The molecule has 1 aliphatic heterocycles. The van der Waals surface area contributed by atoms with Crippen LogP contribution in [-0.4, -0.2) is 38.9 Å². The van der Waals surface area contributed by atoms with Gasteiger partial charge in [-0.3, -0.25) is 9.69 Å². The topological polar surface area (TPSA) is 65.7 Å². The van der Waals surface area contributed by atoms with Crippen LogP contribution in [0.15, 0.2) is 17.1 Å². The van der Waals surface area contributed by atoms with Crippen LogP contribution < -0.4 is 5.43 Å². The van der Waals surface area contributed by atoms with Gasteiger partial charge in [0.15, 0.2) is 5.75 Å². The Hall–Kier alpha value is -1.33. The minimum Gasteiger partial charge on any atom is -0.503 e. The number of aliphatic hydroxyl groups is 1. The molecular weight excluding hydrogens is 292 g/mol. The number of unbranched alkanes of at least 4 members (excludes halogenated alkanes) is 2. The lowest BCUT2D eigenvalue weighted by atomic mass is 10.00. The summed E-state index contributed by atoms with van der Waals surface area (Å²) in [6.45, 7) is 5.07. The van der Waals surface area contributed by atoms with Crippen LogP contribution in [-0.2, 0) is 13.1 Å². The number of aliphatic hydroxyl groups excluding tert-OH is 1. The smallest absolute Gasteiger partial charge is 0.223 e. The minimum absolute atomic E-state index is 0.179. The maximum Gasteiger partial charge on any atom is 0.223 e. The van der Waals surface area contributed by atoms with Crippen LogP contribution in [0.4, 0.5) is 0 Å². The number of nitrogens with zero attached hydrogens (tertiary/aromatic N) is 2. The van der Waals surface area contributed by atoms with E-state index in [0.717, 1.165) is 51.0 Å². The summed E-state index contributed by atoms with van der Waals surface area (Å²) in [6, 6.07) is 2.18. The second-order valence-electron chi connectivity index (χ2n) is 6.52. The zero-order valence-electron chi connectivity index (χ0n) is 14.2. The van der Waals surface area contributed by atoms with Gasteiger partial charge in [-0.2, -0.15) is 0 Å². The normalized spacial score (nSPS) is 19.1. The Balaban J connectivity index is 2.11. The molecule has 2 rings (SSSR count). The Morgan fingerprint density at radius 3 is 2.83 bits per heavy atom. The molecule has 23 heavy (non-hydrogen) atoms. The molecule has 130 valence electrons. The number of likely N-dealkylation sites (tertiary alicyclic amines) is 1. The molecule has 5 heteroatoms. The zero-order valence-corrected chi connectivity index (χ0v) is 14.2. The van der Waals surface area contributed by atoms with Crippen LogP contribution in [0.3, 0.4) is 0 Å². The number of aromatic hydroxyl groups is 1. The van der Waals surface area contributed by atoms with Crippen molar-refractivity contribution in [1.29, 1.82) is 0 Å². The third-order valence-electron chi connectivity index (χ3n) is 4.84. The third kappa shape index (κ3) is 5.08. The molecule has 1 saturated heterocycles. The van der Waals surface area contributed by atoms with Gasteiger partial charge in [-0.25, -0.2) is 0 Å². The molecule has 2 N–H and O–H groups in total. The number of aromatic nitrogens is 1. The minimum atomic E-state index is -0.295. The average molecular weight is 322 g/mol. The first-order valence-corrected chi connectivity index (χ1v) is 8.93. The van der Waals surface area contributed by atoms with Crippen LogP contribution in [0.5, 0.6) is 5.75 Å². The van der Waals surface area contributed by atoms with Crippen molar-refractivity contribution in [3.05, 3.63) is 28.2 Å². The number of hydrogen-bond acceptors (Lipinski definition) is 4. The van der Waals surface area contributed by atoms with Crippen LogP contribution in [0.1, 0.15) is 57.6 Å². The highest BCUT2D eigenvalue weighted by molar-refractivity contribution is 5.20. The Bertz CT molecular complexity index is 542. The predicted molar refractivity (Wildman–Crippen MR) is 91.6 cm³/mol. The summed E-state index contributed by atoms with van der Waals surface area (Å²) in [5.41, 5.74) is 0.689. The Morgan fingerprint density at radius 2 is 2.09 bits per heavy atom. The molecule has 0 amide bonds. The molecule has 1 aromatic rings. The summed E-state index contributed by atoms with van der Waals surface area (Å²) in [5.74, 6) is -0.179. The van der Waals surface area contributed by atoms with Gasteiger partial charge in [0.2, 0.25) is 5.43 Å². The highest BCUT2D eigenvalue weighted by Crippen LogP contribution is 2.22. The van der Waals surface area contributed by atoms with Crippen LogP contribution in [0, 0.1) is 0 Å². The summed E-state index contributed by atoms with van der Waals surface area (Å²) < 4.78 is 2.01. The van der Waals surface area contributed by atoms with Gasteiger partial charge in [0.05, 0.1) is 6.20 Å². The van der Waals surface area contributed by atoms with Crippen molar-refractivity contribution in [1.82, 2.24) is 9.47 Å². The number of aryl methyl sites for hydroxylation is 1. The fourth-order valence-electron chi connectivity index (χ4n) is 3.46. The number of pyridine rings is 1. The molecule has 1 aliphatic rings. The molecule has 0 aliphatic carbocycles. The lowest BCUT2D eigenvalue weighted by Gasteiger charge is -2.35. The van der Waals surface area contributed by atoms with Crippen molar-refractivity contribution in [2.75, 3.05) is 13.2 Å². The molecular formula is C18H30N2O3. The molecule has 0 bridgehead atoms. The maximum atomic E-state index is 11.8. The van der Waals surface area contributed by atoms with Gasteiger partial charge in [0.25, 0.3) is 0 Å². The fourth-order valence-corrected chi connectivity index (χ4v) is 3.46. The van der Waals surface area contributed by atoms with Crippen molar-refractivity contribution in [2.24, 2.45) is 0 Å². The van der Waals surface area contributed by atoms with Gasteiger partial charge in [-0.15, -0.1) is 0 Å². The number of rotatable bonds is 8. The molecule has 1 unspecified atom stereocenters. The molecule has 5 nitrogen and oxygen atoms in total. The van der Waals surface area contributed by atoms with E-state index in [4.69, 9.17) is 5.11 Å². The largest absolute Gasteiger partial charge is 0.503 e. The van der Waals surface area contributed by atoms with Crippen molar-refractivity contribution in [2.45, 2.75) is 71.0 Å². The SMILES string of the molecule is CCC1CCCCN1Cc1cc(=O)c(O)cn1CCCCCO. The molecule has 1 atom stereocenters. The van der Waals surface area contributed by atoms with E-state index in [1.807, 2.05) is 4.57 Å². The second-order valence-corrected chi connectivity index (χ2v) is 6.52. The van der Waals surface area contributed by atoms with Crippen LogP contribution in [0.2, 0.25) is 0 Å². The maximum absolute atomic E-state index is 11.8. The summed E-state index contributed by atoms with van der Waals surface area (Å²) in [4.78, 5) is 14.3. The van der Waals surface area contributed by atoms with Gasteiger partial charge >= 0.3 is 0 Å². The highest BCUT2D eigenvalue weighted by atomic mass is 16.3. The molecule has 1 fully saturated rings. The second kappa shape index (κ2) is 9.08. The first kappa shape index (κ1) is 18.0. The first-order valence-electron chi connectivity index (χ1n) is 8.93. The summed E-state index contributed by atoms with van der Waals surface area (Å²) in [5, 5.41) is 18.6. The standard InChI is InChI=1S/C18H30N2O3/c1-2-15-8-4-6-10-19(15)13-16-12-17(22)18(23)14-20(16)9-5-3-7-11-21/h12,14-15,21,23H,2-11,13H2,1H3. The third-order valence-corrected chi connectivity index (χ3v) is 4.84. The van der Waals surface area contributed by atoms with E-state index in [9.17, 15) is 9.90 Å². The van der Waals surface area contributed by atoms with Gasteiger partial charge in [0, 0.05) is 37.5 Å². The van der Waals surface area contributed by atoms with Crippen LogP contribution in [0.25, 0.3) is 0 Å². The Kier molecular flexibility index (Phi) is 7.12. The lowest BCUT2D eigenvalue weighted by Crippen LogP contribution is -2.39. The highest BCUT2D eigenvalue weighted by Gasteiger charge is 2.21. The average Bonchev–Trinajstić information content (AvgIpc) is 2.56. The van der Waals surface area contributed by atoms with Gasteiger partial charge in [-0.1, -0.05) is 13.3 Å². The zero-order chi connectivity index (χ0) is 16.7. The van der Waals surface area contributed by atoms with Crippen LogP contribution >= 0.6 is 0 Å². The van der Waals surface area contributed by atoms with Gasteiger partial charge in [-0.05, 0) is 45.1 Å². The molecule has 0 spiro atoms. The quantitative estimate of drug-likeness (QED) is 0.722.